The fraction of sp³-hybridized carbons (Fsp3) is 0.958. The van der Waals surface area contributed by atoms with Gasteiger partial charge in [-0.2, -0.15) is 5.26 Å². The lowest BCUT2D eigenvalue weighted by atomic mass is 9.45. The first-order valence-electron chi connectivity index (χ1n) is 11.3. The predicted molar refractivity (Wildman–Crippen MR) is 103 cm³/mol. The lowest BCUT2D eigenvalue weighted by Gasteiger charge is -2.61. The molecule has 5 saturated carbocycles. The molecule has 5 fully saturated rings. The Morgan fingerprint density at radius 3 is 2.62 bits per heavy atom. The Balaban J connectivity index is 1.47. The molecule has 0 aromatic carbocycles. The highest BCUT2D eigenvalue weighted by atomic mass is 16.5. The summed E-state index contributed by atoms with van der Waals surface area (Å²) < 4.78 is 6.22. The Kier molecular flexibility index (Phi) is 3.71. The second-order valence-electron chi connectivity index (χ2n) is 11.3. The highest BCUT2D eigenvalue weighted by molar-refractivity contribution is 5.26. The molecule has 5 aliphatic rings. The van der Waals surface area contributed by atoms with E-state index < -0.39 is 0 Å². The minimum Gasteiger partial charge on any atom is -0.381 e. The van der Waals surface area contributed by atoms with Crippen molar-refractivity contribution in [2.24, 2.45) is 51.8 Å². The molecule has 2 heteroatoms. The molecule has 0 aliphatic heterocycles. The van der Waals surface area contributed by atoms with Crippen LogP contribution in [0.5, 0.6) is 0 Å². The van der Waals surface area contributed by atoms with E-state index in [-0.39, 0.29) is 0 Å². The van der Waals surface area contributed by atoms with Gasteiger partial charge in [0.2, 0.25) is 0 Å². The number of hydrogen-bond donors (Lipinski definition) is 0. The van der Waals surface area contributed by atoms with Gasteiger partial charge < -0.3 is 4.74 Å². The first-order valence-corrected chi connectivity index (χ1v) is 11.3. The summed E-state index contributed by atoms with van der Waals surface area (Å²) >= 11 is 0. The molecule has 0 aromatic rings. The van der Waals surface area contributed by atoms with Crippen LogP contribution in [0, 0.1) is 63.1 Å². The normalized spacial score (nSPS) is 58.1. The zero-order valence-corrected chi connectivity index (χ0v) is 17.3. The number of hydrogen-bond acceptors (Lipinski definition) is 2. The van der Waals surface area contributed by atoms with Gasteiger partial charge in [-0.1, -0.05) is 20.8 Å². The minimum absolute atomic E-state index is 0.470. The molecule has 0 radical (unpaired) electrons. The van der Waals surface area contributed by atoms with Crippen molar-refractivity contribution in [2.75, 3.05) is 7.11 Å². The zero-order chi connectivity index (χ0) is 18.3. The SMILES string of the molecule is CO[C@@H]1C[C@H]2[C@@H]3CC[C@H]([C@H](C)CC#N)[C@@]3(C)CC[C@@H]2[C@@]2(C)CC[C@H]3C[C@]312. The molecular formula is C24H37NO. The maximum Gasteiger partial charge on any atom is 0.0638 e. The van der Waals surface area contributed by atoms with Gasteiger partial charge in [-0.3, -0.25) is 0 Å². The maximum absolute atomic E-state index is 9.23. The molecule has 0 N–H and O–H groups in total. The van der Waals surface area contributed by atoms with Gasteiger partial charge in [-0.25, -0.2) is 0 Å². The van der Waals surface area contributed by atoms with Crippen molar-refractivity contribution in [1.29, 1.82) is 5.26 Å². The fourth-order valence-corrected chi connectivity index (χ4v) is 9.84. The van der Waals surface area contributed by atoms with Gasteiger partial charge in [-0.15, -0.1) is 0 Å². The second-order valence-corrected chi connectivity index (χ2v) is 11.3. The summed E-state index contributed by atoms with van der Waals surface area (Å²) in [5.41, 5.74) is 1.56. The van der Waals surface area contributed by atoms with Crippen LogP contribution < -0.4 is 0 Å². The van der Waals surface area contributed by atoms with Crippen LogP contribution >= 0.6 is 0 Å². The van der Waals surface area contributed by atoms with Gasteiger partial charge in [0.1, 0.15) is 0 Å². The van der Waals surface area contributed by atoms with Crippen molar-refractivity contribution in [3.63, 3.8) is 0 Å². The van der Waals surface area contributed by atoms with Crippen molar-refractivity contribution in [3.05, 3.63) is 0 Å². The molecule has 1 spiro atoms. The third-order valence-electron chi connectivity index (χ3n) is 11.0. The van der Waals surface area contributed by atoms with Crippen molar-refractivity contribution in [3.8, 4) is 6.07 Å². The van der Waals surface area contributed by atoms with Crippen molar-refractivity contribution >= 4 is 0 Å². The lowest BCUT2D eigenvalue weighted by molar-refractivity contribution is -0.160. The summed E-state index contributed by atoms with van der Waals surface area (Å²) in [6, 6.07) is 2.46. The van der Waals surface area contributed by atoms with Crippen LogP contribution in [0.1, 0.15) is 78.6 Å². The molecule has 0 amide bonds. The Morgan fingerprint density at radius 1 is 1.12 bits per heavy atom. The third kappa shape index (κ3) is 1.87. The molecular weight excluding hydrogens is 318 g/mol. The van der Waals surface area contributed by atoms with Crippen LogP contribution in [0.2, 0.25) is 0 Å². The zero-order valence-electron chi connectivity index (χ0n) is 17.3. The molecule has 0 saturated heterocycles. The van der Waals surface area contributed by atoms with Crippen molar-refractivity contribution in [2.45, 2.75) is 84.7 Å². The smallest absolute Gasteiger partial charge is 0.0638 e. The molecule has 144 valence electrons. The van der Waals surface area contributed by atoms with E-state index in [0.717, 1.165) is 36.0 Å². The highest BCUT2D eigenvalue weighted by Gasteiger charge is 2.77. The van der Waals surface area contributed by atoms with E-state index in [0.29, 0.717) is 28.3 Å². The van der Waals surface area contributed by atoms with E-state index in [9.17, 15) is 5.26 Å². The average molecular weight is 356 g/mol. The monoisotopic (exact) mass is 355 g/mol. The van der Waals surface area contributed by atoms with E-state index in [4.69, 9.17) is 4.74 Å². The Labute approximate surface area is 160 Å². The van der Waals surface area contributed by atoms with Gasteiger partial charge in [0, 0.05) is 18.9 Å². The maximum atomic E-state index is 9.23. The number of fused-ring (bicyclic) bond motifs is 4. The summed E-state index contributed by atoms with van der Waals surface area (Å²) in [5.74, 6) is 4.97. The van der Waals surface area contributed by atoms with Crippen LogP contribution in [0.15, 0.2) is 0 Å². The molecule has 2 nitrogen and oxygen atoms in total. The number of methoxy groups -OCH3 is 1. The van der Waals surface area contributed by atoms with Crippen molar-refractivity contribution in [1.82, 2.24) is 0 Å². The molecule has 5 rings (SSSR count). The number of ether oxygens (including phenoxy) is 1. The third-order valence-corrected chi connectivity index (χ3v) is 11.0. The van der Waals surface area contributed by atoms with Gasteiger partial charge in [0.15, 0.2) is 0 Å². The fourth-order valence-electron chi connectivity index (χ4n) is 9.84. The summed E-state index contributed by atoms with van der Waals surface area (Å²) in [6.45, 7) is 7.60. The van der Waals surface area contributed by atoms with Crippen LogP contribution in [-0.2, 0) is 4.74 Å². The summed E-state index contributed by atoms with van der Waals surface area (Å²) in [6.07, 6.45) is 12.6. The highest BCUT2D eigenvalue weighted by Crippen LogP contribution is 2.82. The molecule has 0 aromatic heterocycles. The minimum atomic E-state index is 0.470. The molecule has 5 aliphatic carbocycles. The standard InChI is InChI=1S/C24H37NO/c1-15(9-12-25)18-5-6-19-17-13-21(26-4)24-14-16(24)7-11-23(24,3)20(17)8-10-22(18,19)2/h15-21H,5-11,13-14H2,1-4H3/t15-,16+,17+,18-,19+,20+,21-,22-,23-,24+/m1/s1. The van der Waals surface area contributed by atoms with E-state index in [2.05, 4.69) is 26.8 Å². The average Bonchev–Trinajstić information content (AvgIpc) is 3.12. The van der Waals surface area contributed by atoms with Gasteiger partial charge in [0.25, 0.3) is 0 Å². The van der Waals surface area contributed by atoms with Gasteiger partial charge in [0.05, 0.1) is 12.2 Å². The van der Waals surface area contributed by atoms with E-state index in [1.165, 1.54) is 51.4 Å². The Bertz CT molecular complexity index is 639. The molecule has 0 bridgehead atoms. The molecule has 0 heterocycles. The first-order chi connectivity index (χ1) is 12.4. The molecule has 10 atom stereocenters. The Hall–Kier alpha value is -0.550. The lowest BCUT2D eigenvalue weighted by Crippen LogP contribution is -2.57. The van der Waals surface area contributed by atoms with E-state index in [1.807, 2.05) is 7.11 Å². The first kappa shape index (κ1) is 17.5. The summed E-state index contributed by atoms with van der Waals surface area (Å²) in [4.78, 5) is 0. The van der Waals surface area contributed by atoms with E-state index >= 15 is 0 Å². The van der Waals surface area contributed by atoms with Crippen LogP contribution in [0.4, 0.5) is 0 Å². The largest absolute Gasteiger partial charge is 0.381 e. The van der Waals surface area contributed by atoms with Crippen LogP contribution in [0.25, 0.3) is 0 Å². The van der Waals surface area contributed by atoms with Crippen molar-refractivity contribution < 1.29 is 4.74 Å². The predicted octanol–water partition coefficient (Wildman–Crippen LogP) is 5.82. The van der Waals surface area contributed by atoms with Crippen LogP contribution in [0.3, 0.4) is 0 Å². The number of nitrogens with zero attached hydrogens (tertiary/aromatic N) is 1. The van der Waals surface area contributed by atoms with Crippen LogP contribution in [-0.4, -0.2) is 13.2 Å². The second kappa shape index (κ2) is 5.50. The van der Waals surface area contributed by atoms with Gasteiger partial charge in [-0.05, 0) is 97.7 Å². The number of nitriles is 1. The summed E-state index contributed by atoms with van der Waals surface area (Å²) in [5, 5.41) is 9.23. The Morgan fingerprint density at radius 2 is 1.92 bits per heavy atom. The topological polar surface area (TPSA) is 33.0 Å². The van der Waals surface area contributed by atoms with Gasteiger partial charge >= 0.3 is 0 Å². The quantitative estimate of drug-likeness (QED) is 0.639. The number of rotatable bonds is 3. The van der Waals surface area contributed by atoms with E-state index in [1.54, 1.807) is 0 Å². The summed E-state index contributed by atoms with van der Waals surface area (Å²) in [7, 11) is 1.99. The molecule has 26 heavy (non-hydrogen) atoms. The molecule has 0 unspecified atom stereocenters.